The zero-order valence-corrected chi connectivity index (χ0v) is 14.4. The van der Waals surface area contributed by atoms with Crippen LogP contribution in [0.5, 0.6) is 0 Å². The van der Waals surface area contributed by atoms with Crippen LogP contribution in [0.1, 0.15) is 35.3 Å². The monoisotopic (exact) mass is 320 g/mol. The van der Waals surface area contributed by atoms with E-state index in [4.69, 9.17) is 0 Å². The highest BCUT2D eigenvalue weighted by Gasteiger charge is 2.14. The molecule has 3 aromatic rings. The van der Waals surface area contributed by atoms with Crippen LogP contribution >= 0.6 is 0 Å². The average Bonchev–Trinajstić information content (AvgIpc) is 2.54. The number of aryl methyl sites for hydroxylation is 3. The van der Waals surface area contributed by atoms with E-state index < -0.39 is 0 Å². The molecule has 0 saturated carbocycles. The Hall–Kier alpha value is -2.75. The quantitative estimate of drug-likeness (QED) is 0.688. The number of benzene rings is 1. The Morgan fingerprint density at radius 2 is 1.83 bits per heavy atom. The molecule has 0 N–H and O–H groups in total. The third-order valence-electron chi connectivity index (χ3n) is 4.42. The molecule has 2 heterocycles. The molecule has 0 aliphatic carbocycles. The van der Waals surface area contributed by atoms with Gasteiger partial charge >= 0.3 is 0 Å². The molecule has 4 heteroatoms. The maximum atomic E-state index is 12.6. The molecular weight excluding hydrogens is 300 g/mol. The van der Waals surface area contributed by atoms with Crippen LogP contribution in [0.2, 0.25) is 0 Å². The molecule has 2 aromatic heterocycles. The van der Waals surface area contributed by atoms with Crippen LogP contribution in [0.4, 0.5) is 0 Å². The van der Waals surface area contributed by atoms with Gasteiger partial charge in [0.15, 0.2) is 11.2 Å². The molecule has 0 aliphatic rings. The number of ketones is 1. The second-order valence-electron chi connectivity index (χ2n) is 6.09. The van der Waals surface area contributed by atoms with Crippen molar-refractivity contribution in [1.29, 1.82) is 0 Å². The fourth-order valence-electron chi connectivity index (χ4n) is 3.21. The van der Waals surface area contributed by atoms with Gasteiger partial charge in [0.05, 0.1) is 11.1 Å². The van der Waals surface area contributed by atoms with Gasteiger partial charge in [-0.2, -0.15) is 0 Å². The first-order chi connectivity index (χ1) is 11.4. The predicted octanol–water partition coefficient (Wildman–Crippen LogP) is 3.90. The van der Waals surface area contributed by atoms with E-state index in [0.717, 1.165) is 27.8 Å². The minimum Gasteiger partial charge on any atom is -0.347 e. The summed E-state index contributed by atoms with van der Waals surface area (Å²) in [5, 5.41) is 0.581. The summed E-state index contributed by atoms with van der Waals surface area (Å²) in [5.41, 5.74) is 5.28. The Balaban J connectivity index is 2.35. The van der Waals surface area contributed by atoms with E-state index in [1.165, 1.54) is 6.92 Å². The number of pyridine rings is 2. The first-order valence-electron chi connectivity index (χ1n) is 8.03. The molecule has 0 amide bonds. The number of rotatable bonds is 3. The van der Waals surface area contributed by atoms with Crippen molar-refractivity contribution in [3.63, 3.8) is 0 Å². The van der Waals surface area contributed by atoms with Crippen LogP contribution in [-0.2, 0) is 6.54 Å². The molecule has 0 atom stereocenters. The highest BCUT2D eigenvalue weighted by atomic mass is 16.1. The van der Waals surface area contributed by atoms with Crippen molar-refractivity contribution in [2.75, 3.05) is 0 Å². The SMILES string of the molecule is CCn1cc(C(C)=O)c(=O)c2ccc(-c3c(C)cncc3C)cc21. The van der Waals surface area contributed by atoms with Crippen molar-refractivity contribution < 1.29 is 4.79 Å². The average molecular weight is 320 g/mol. The topological polar surface area (TPSA) is 52.0 Å². The lowest BCUT2D eigenvalue weighted by Gasteiger charge is -2.14. The summed E-state index contributed by atoms with van der Waals surface area (Å²) in [7, 11) is 0. The summed E-state index contributed by atoms with van der Waals surface area (Å²) in [6, 6.07) is 5.80. The fraction of sp³-hybridized carbons (Fsp3) is 0.250. The van der Waals surface area contributed by atoms with Gasteiger partial charge in [-0.3, -0.25) is 14.6 Å². The van der Waals surface area contributed by atoms with Crippen LogP contribution in [0.25, 0.3) is 22.0 Å². The Morgan fingerprint density at radius 3 is 2.42 bits per heavy atom. The van der Waals surface area contributed by atoms with E-state index in [1.807, 2.05) is 55.9 Å². The molecule has 24 heavy (non-hydrogen) atoms. The number of nitrogens with zero attached hydrogens (tertiary/aromatic N) is 2. The zero-order chi connectivity index (χ0) is 17.4. The Morgan fingerprint density at radius 1 is 1.17 bits per heavy atom. The number of hydrogen-bond donors (Lipinski definition) is 0. The van der Waals surface area contributed by atoms with Crippen LogP contribution in [0, 0.1) is 13.8 Å². The minimum atomic E-state index is -0.200. The van der Waals surface area contributed by atoms with Gasteiger partial charge in [-0.1, -0.05) is 6.07 Å². The first kappa shape index (κ1) is 16.1. The summed E-state index contributed by atoms with van der Waals surface area (Å²) in [4.78, 5) is 28.5. The second kappa shape index (κ2) is 6.04. The predicted molar refractivity (Wildman–Crippen MR) is 96.6 cm³/mol. The van der Waals surface area contributed by atoms with Gasteiger partial charge in [-0.15, -0.1) is 0 Å². The summed E-state index contributed by atoms with van der Waals surface area (Å²) in [5.74, 6) is -0.200. The van der Waals surface area contributed by atoms with Gasteiger partial charge < -0.3 is 4.57 Å². The summed E-state index contributed by atoms with van der Waals surface area (Å²) < 4.78 is 1.96. The van der Waals surface area contributed by atoms with E-state index in [9.17, 15) is 9.59 Å². The fourth-order valence-corrected chi connectivity index (χ4v) is 3.21. The smallest absolute Gasteiger partial charge is 0.200 e. The number of aromatic nitrogens is 2. The molecule has 0 spiro atoms. The standard InChI is InChI=1S/C20H20N2O2/c1-5-22-11-17(14(4)23)20(24)16-7-6-15(8-18(16)22)19-12(2)9-21-10-13(19)3/h6-11H,5H2,1-4H3. The number of carbonyl (C=O) groups is 1. The molecule has 0 unspecified atom stereocenters. The normalized spacial score (nSPS) is 11.0. The second-order valence-corrected chi connectivity index (χ2v) is 6.09. The maximum absolute atomic E-state index is 12.6. The van der Waals surface area contributed by atoms with Crippen molar-refractivity contribution in [2.24, 2.45) is 0 Å². The molecule has 0 radical (unpaired) electrons. The van der Waals surface area contributed by atoms with Gasteiger partial charge in [-0.25, -0.2) is 0 Å². The molecule has 0 saturated heterocycles. The number of hydrogen-bond acceptors (Lipinski definition) is 3. The molecule has 3 rings (SSSR count). The molecule has 1 aromatic carbocycles. The Bertz CT molecular complexity index is 996. The summed E-state index contributed by atoms with van der Waals surface area (Å²) >= 11 is 0. The number of fused-ring (bicyclic) bond motifs is 1. The van der Waals surface area contributed by atoms with E-state index in [-0.39, 0.29) is 16.8 Å². The van der Waals surface area contributed by atoms with Crippen molar-refractivity contribution in [3.05, 3.63) is 63.7 Å². The van der Waals surface area contributed by atoms with Crippen molar-refractivity contribution >= 4 is 16.7 Å². The molecule has 122 valence electrons. The largest absolute Gasteiger partial charge is 0.347 e. The van der Waals surface area contributed by atoms with E-state index in [2.05, 4.69) is 4.98 Å². The molecule has 4 nitrogen and oxygen atoms in total. The van der Waals surface area contributed by atoms with Crippen molar-refractivity contribution in [3.8, 4) is 11.1 Å². The molecular formula is C20H20N2O2. The minimum absolute atomic E-state index is 0.197. The molecule has 0 fully saturated rings. The summed E-state index contributed by atoms with van der Waals surface area (Å²) in [6.45, 7) is 8.19. The molecule has 0 bridgehead atoms. The van der Waals surface area contributed by atoms with Crippen LogP contribution in [-0.4, -0.2) is 15.3 Å². The number of carbonyl (C=O) groups excluding carboxylic acids is 1. The Labute approximate surface area is 140 Å². The summed E-state index contributed by atoms with van der Waals surface area (Å²) in [6.07, 6.45) is 5.36. The van der Waals surface area contributed by atoms with Crippen molar-refractivity contribution in [2.45, 2.75) is 34.2 Å². The third-order valence-corrected chi connectivity index (χ3v) is 4.42. The van der Waals surface area contributed by atoms with Gasteiger partial charge in [0.1, 0.15) is 0 Å². The van der Waals surface area contributed by atoms with Gasteiger partial charge in [0.25, 0.3) is 0 Å². The highest BCUT2D eigenvalue weighted by Crippen LogP contribution is 2.28. The van der Waals surface area contributed by atoms with Gasteiger partial charge in [0, 0.05) is 30.5 Å². The van der Waals surface area contributed by atoms with Gasteiger partial charge in [-0.05, 0) is 62.1 Å². The lowest BCUT2D eigenvalue weighted by Crippen LogP contribution is -2.17. The number of Topliss-reactive ketones (excluding diaryl/α,β-unsaturated/α-hetero) is 1. The molecule has 0 aliphatic heterocycles. The van der Waals surface area contributed by atoms with E-state index in [0.29, 0.717) is 11.9 Å². The van der Waals surface area contributed by atoms with Crippen LogP contribution in [0.15, 0.2) is 41.6 Å². The lowest BCUT2D eigenvalue weighted by atomic mass is 9.96. The first-order valence-corrected chi connectivity index (χ1v) is 8.03. The maximum Gasteiger partial charge on any atom is 0.200 e. The zero-order valence-electron chi connectivity index (χ0n) is 14.4. The highest BCUT2D eigenvalue weighted by molar-refractivity contribution is 5.98. The third kappa shape index (κ3) is 2.54. The van der Waals surface area contributed by atoms with Crippen molar-refractivity contribution in [1.82, 2.24) is 9.55 Å². The van der Waals surface area contributed by atoms with E-state index in [1.54, 1.807) is 6.20 Å². The van der Waals surface area contributed by atoms with Gasteiger partial charge in [0.2, 0.25) is 0 Å². The lowest BCUT2D eigenvalue weighted by molar-refractivity contribution is 0.101. The Kier molecular flexibility index (Phi) is 4.06. The van der Waals surface area contributed by atoms with Crippen LogP contribution in [0.3, 0.4) is 0 Å². The van der Waals surface area contributed by atoms with Crippen LogP contribution < -0.4 is 5.43 Å². The van der Waals surface area contributed by atoms with E-state index >= 15 is 0 Å².